The van der Waals surface area contributed by atoms with Crippen LogP contribution in [0.3, 0.4) is 0 Å². The number of benzene rings is 1. The van der Waals surface area contributed by atoms with Gasteiger partial charge in [0.25, 0.3) is 0 Å². The number of aliphatic carboxylic acids is 2. The van der Waals surface area contributed by atoms with Crippen molar-refractivity contribution in [1.82, 2.24) is 5.32 Å². The Kier molecular flexibility index (Phi) is 7.55. The lowest BCUT2D eigenvalue weighted by atomic mass is 9.85. The first-order valence-electron chi connectivity index (χ1n) is 10.2. The Morgan fingerprint density at radius 3 is 2.59 bits per heavy atom. The molecule has 1 unspecified atom stereocenters. The summed E-state index contributed by atoms with van der Waals surface area (Å²) in [6, 6.07) is 5.61. The van der Waals surface area contributed by atoms with E-state index in [0.717, 1.165) is 24.2 Å². The minimum absolute atomic E-state index is 0.360. The maximum atomic E-state index is 13.1. The number of rotatable bonds is 8. The van der Waals surface area contributed by atoms with E-state index in [4.69, 9.17) is 0 Å². The second-order valence-electron chi connectivity index (χ2n) is 7.79. The van der Waals surface area contributed by atoms with E-state index in [9.17, 15) is 24.6 Å². The maximum Gasteiger partial charge on any atom is 0.323 e. The number of carboxylic acid groups (broad SMARTS) is 2. The molecule has 0 radical (unpaired) electrons. The van der Waals surface area contributed by atoms with Crippen LogP contribution < -0.4 is 10.2 Å². The standard InChI is InChI=1S/C21H28N2O5S/c24-19(25)12-23-17-8-4-5-9-18(17)29-13-16(20(23)26)22-15(21(27)28)11-10-14-6-2-1-3-7-14/h4-5,8-9,14-16,22H,1-3,6-7,10-13H2,(H,24,25)(H,27,28)/t15-,16?/m1/s1. The van der Waals surface area contributed by atoms with Crippen molar-refractivity contribution in [2.24, 2.45) is 5.92 Å². The third-order valence-corrected chi connectivity index (χ3v) is 6.86. The van der Waals surface area contributed by atoms with Crippen molar-refractivity contribution >= 4 is 35.3 Å². The second-order valence-corrected chi connectivity index (χ2v) is 8.85. The monoisotopic (exact) mass is 420 g/mol. The molecule has 29 heavy (non-hydrogen) atoms. The maximum absolute atomic E-state index is 13.1. The molecule has 1 heterocycles. The van der Waals surface area contributed by atoms with Gasteiger partial charge in [0.05, 0.1) is 11.7 Å². The van der Waals surface area contributed by atoms with Crippen molar-refractivity contribution in [1.29, 1.82) is 0 Å². The zero-order valence-electron chi connectivity index (χ0n) is 16.4. The molecule has 0 spiro atoms. The van der Waals surface area contributed by atoms with E-state index >= 15 is 0 Å². The number of amides is 1. The highest BCUT2D eigenvalue weighted by Gasteiger charge is 2.34. The molecule has 3 rings (SSSR count). The summed E-state index contributed by atoms with van der Waals surface area (Å²) < 4.78 is 0. The van der Waals surface area contributed by atoms with Gasteiger partial charge < -0.3 is 10.2 Å². The van der Waals surface area contributed by atoms with Gasteiger partial charge in [-0.1, -0.05) is 44.2 Å². The zero-order chi connectivity index (χ0) is 20.8. The smallest absolute Gasteiger partial charge is 0.323 e. The fourth-order valence-electron chi connectivity index (χ4n) is 4.17. The van der Waals surface area contributed by atoms with Gasteiger partial charge in [0.2, 0.25) is 5.91 Å². The molecule has 1 aromatic carbocycles. The summed E-state index contributed by atoms with van der Waals surface area (Å²) in [5, 5.41) is 22.0. The first-order chi connectivity index (χ1) is 14.0. The van der Waals surface area contributed by atoms with Gasteiger partial charge in [0.15, 0.2) is 0 Å². The first kappa shape index (κ1) is 21.6. The Balaban J connectivity index is 1.71. The van der Waals surface area contributed by atoms with E-state index in [1.165, 1.54) is 35.9 Å². The van der Waals surface area contributed by atoms with Crippen LogP contribution in [0.4, 0.5) is 5.69 Å². The van der Waals surface area contributed by atoms with Crippen LogP contribution in [0, 0.1) is 5.92 Å². The van der Waals surface area contributed by atoms with Gasteiger partial charge in [-0.3, -0.25) is 24.6 Å². The topological polar surface area (TPSA) is 107 Å². The molecule has 7 nitrogen and oxygen atoms in total. The molecule has 1 saturated carbocycles. The minimum Gasteiger partial charge on any atom is -0.480 e. The number of thioether (sulfide) groups is 1. The van der Waals surface area contributed by atoms with Gasteiger partial charge in [-0.25, -0.2) is 0 Å². The lowest BCUT2D eigenvalue weighted by molar-refractivity contribution is -0.140. The highest BCUT2D eigenvalue weighted by atomic mass is 32.2. The van der Waals surface area contributed by atoms with Crippen molar-refractivity contribution in [3.8, 4) is 0 Å². The van der Waals surface area contributed by atoms with Crippen LogP contribution >= 0.6 is 11.8 Å². The van der Waals surface area contributed by atoms with Gasteiger partial charge in [-0.05, 0) is 30.9 Å². The Bertz CT molecular complexity index is 750. The number of carbonyl (C=O) groups is 3. The van der Waals surface area contributed by atoms with E-state index in [1.807, 2.05) is 12.1 Å². The van der Waals surface area contributed by atoms with Gasteiger partial charge in [-0.2, -0.15) is 0 Å². The number of anilines is 1. The largest absolute Gasteiger partial charge is 0.480 e. The number of carboxylic acids is 2. The van der Waals surface area contributed by atoms with Crippen molar-refractivity contribution in [2.75, 3.05) is 17.2 Å². The fraction of sp³-hybridized carbons (Fsp3) is 0.571. The van der Waals surface area contributed by atoms with Crippen LogP contribution in [-0.2, 0) is 14.4 Å². The number of para-hydroxylation sites is 1. The highest BCUT2D eigenvalue weighted by Crippen LogP contribution is 2.34. The van der Waals surface area contributed by atoms with Crippen molar-refractivity contribution in [3.63, 3.8) is 0 Å². The predicted molar refractivity (Wildman–Crippen MR) is 111 cm³/mol. The van der Waals surface area contributed by atoms with Crippen molar-refractivity contribution in [2.45, 2.75) is 61.9 Å². The third kappa shape index (κ3) is 5.73. The van der Waals surface area contributed by atoms with Crippen LogP contribution in [0.5, 0.6) is 0 Å². The van der Waals surface area contributed by atoms with E-state index < -0.39 is 36.5 Å². The average molecular weight is 421 g/mol. The Morgan fingerprint density at radius 1 is 1.17 bits per heavy atom. The summed E-state index contributed by atoms with van der Waals surface area (Å²) in [5.74, 6) is -1.55. The van der Waals surface area contributed by atoms with Gasteiger partial charge in [0, 0.05) is 10.6 Å². The van der Waals surface area contributed by atoms with E-state index in [-0.39, 0.29) is 0 Å². The molecule has 158 valence electrons. The molecule has 1 fully saturated rings. The molecule has 2 atom stereocenters. The number of carbonyl (C=O) groups excluding carboxylic acids is 1. The van der Waals surface area contributed by atoms with Gasteiger partial charge in [-0.15, -0.1) is 11.8 Å². The molecule has 1 aromatic rings. The quantitative estimate of drug-likeness (QED) is 0.593. The molecule has 0 aromatic heterocycles. The zero-order valence-corrected chi connectivity index (χ0v) is 17.2. The van der Waals surface area contributed by atoms with Gasteiger partial charge >= 0.3 is 11.9 Å². The van der Waals surface area contributed by atoms with Gasteiger partial charge in [0.1, 0.15) is 12.6 Å². The average Bonchev–Trinajstić information content (AvgIpc) is 2.83. The summed E-state index contributed by atoms with van der Waals surface area (Å²) in [7, 11) is 0. The number of nitrogens with one attached hydrogen (secondary N) is 1. The van der Waals surface area contributed by atoms with Crippen LogP contribution in [-0.4, -0.2) is 52.4 Å². The highest BCUT2D eigenvalue weighted by molar-refractivity contribution is 7.99. The van der Waals surface area contributed by atoms with E-state index in [0.29, 0.717) is 23.8 Å². The molecular weight excluding hydrogens is 392 g/mol. The summed E-state index contributed by atoms with van der Waals surface area (Å²) in [4.78, 5) is 38.3. The SMILES string of the molecule is O=C(O)CN1C(=O)C(N[C@H](CCC2CCCCC2)C(=O)O)CSc2ccccc21. The summed E-state index contributed by atoms with van der Waals surface area (Å²) in [6.45, 7) is -0.450. The lowest BCUT2D eigenvalue weighted by Gasteiger charge is -2.27. The molecular formula is C21H28N2O5S. The van der Waals surface area contributed by atoms with Crippen LogP contribution in [0.1, 0.15) is 44.9 Å². The predicted octanol–water partition coefficient (Wildman–Crippen LogP) is 2.98. The molecule has 1 amide bonds. The number of nitrogens with zero attached hydrogens (tertiary/aromatic N) is 1. The Labute approximate surface area is 174 Å². The van der Waals surface area contributed by atoms with E-state index in [2.05, 4.69) is 5.32 Å². The van der Waals surface area contributed by atoms with Crippen LogP contribution in [0.15, 0.2) is 29.2 Å². The molecule has 0 bridgehead atoms. The second kappa shape index (κ2) is 10.1. The summed E-state index contributed by atoms with van der Waals surface area (Å²) in [6.07, 6.45) is 7.26. The fourth-order valence-corrected chi connectivity index (χ4v) is 5.26. The molecule has 0 saturated heterocycles. The lowest BCUT2D eigenvalue weighted by Crippen LogP contribution is -2.53. The minimum atomic E-state index is -1.11. The molecule has 1 aliphatic heterocycles. The number of fused-ring (bicyclic) bond motifs is 1. The molecule has 8 heteroatoms. The van der Waals surface area contributed by atoms with Crippen LogP contribution in [0.25, 0.3) is 0 Å². The molecule has 2 aliphatic rings. The Morgan fingerprint density at radius 2 is 1.90 bits per heavy atom. The normalized spacial score (nSPS) is 21.3. The number of hydrogen-bond acceptors (Lipinski definition) is 5. The number of hydrogen-bond donors (Lipinski definition) is 3. The third-order valence-electron chi connectivity index (χ3n) is 5.71. The van der Waals surface area contributed by atoms with Crippen LogP contribution in [0.2, 0.25) is 0 Å². The molecule has 1 aliphatic carbocycles. The summed E-state index contributed by atoms with van der Waals surface area (Å²) in [5.41, 5.74) is 0.559. The Hall–Kier alpha value is -2.06. The molecule has 3 N–H and O–H groups in total. The van der Waals surface area contributed by atoms with E-state index in [1.54, 1.807) is 12.1 Å². The first-order valence-corrected chi connectivity index (χ1v) is 11.2. The van der Waals surface area contributed by atoms with Crippen molar-refractivity contribution < 1.29 is 24.6 Å². The van der Waals surface area contributed by atoms with Crippen molar-refractivity contribution in [3.05, 3.63) is 24.3 Å². The summed E-state index contributed by atoms with van der Waals surface area (Å²) >= 11 is 1.44.